The lowest BCUT2D eigenvalue weighted by Crippen LogP contribution is -2.19. The van der Waals surface area contributed by atoms with Crippen molar-refractivity contribution in [1.29, 1.82) is 0 Å². The second-order valence-electron chi connectivity index (χ2n) is 6.22. The molecule has 3 N–H and O–H groups in total. The van der Waals surface area contributed by atoms with Crippen LogP contribution in [0.25, 0.3) is 0 Å². The smallest absolute Gasteiger partial charge is 0.256 e. The van der Waals surface area contributed by atoms with E-state index in [4.69, 9.17) is 10.5 Å². The predicted octanol–water partition coefficient (Wildman–Crippen LogP) is 4.00. The molecule has 0 spiro atoms. The van der Waals surface area contributed by atoms with Gasteiger partial charge in [-0.25, -0.2) is 0 Å². The fourth-order valence-electron chi connectivity index (χ4n) is 3.08. The molecule has 25 heavy (non-hydrogen) atoms. The summed E-state index contributed by atoms with van der Waals surface area (Å²) in [7, 11) is 1.57. The van der Waals surface area contributed by atoms with Gasteiger partial charge < -0.3 is 15.8 Å². The molecule has 0 radical (unpaired) electrons. The lowest BCUT2D eigenvalue weighted by Gasteiger charge is -2.18. The SMILES string of the molecule is COc1ccc(C(=O)Nc2sc3c(c2C(N)=O)CC[C@H](C)C3)cc1Br. The van der Waals surface area contributed by atoms with Gasteiger partial charge in [-0.15, -0.1) is 11.3 Å². The van der Waals surface area contributed by atoms with Gasteiger partial charge in [0.15, 0.2) is 0 Å². The average Bonchev–Trinajstić information content (AvgIpc) is 2.91. The number of fused-ring (bicyclic) bond motifs is 1. The first kappa shape index (κ1) is 17.9. The Hall–Kier alpha value is -1.86. The van der Waals surface area contributed by atoms with Crippen molar-refractivity contribution >= 4 is 44.1 Å². The number of thiophene rings is 1. The number of carbonyl (C=O) groups is 2. The largest absolute Gasteiger partial charge is 0.496 e. The molecule has 1 atom stereocenters. The Kier molecular flexibility index (Phi) is 5.15. The van der Waals surface area contributed by atoms with Crippen LogP contribution < -0.4 is 15.8 Å². The molecular weight excluding hydrogens is 404 g/mol. The molecule has 1 aliphatic rings. The van der Waals surface area contributed by atoms with Crippen LogP contribution in [0.4, 0.5) is 5.00 Å². The monoisotopic (exact) mass is 422 g/mol. The van der Waals surface area contributed by atoms with E-state index in [-0.39, 0.29) is 5.91 Å². The molecule has 0 unspecified atom stereocenters. The molecule has 1 heterocycles. The Labute approximate surface area is 158 Å². The number of halogens is 1. The van der Waals surface area contributed by atoms with E-state index in [1.165, 1.54) is 11.3 Å². The van der Waals surface area contributed by atoms with Crippen LogP contribution >= 0.6 is 27.3 Å². The number of carbonyl (C=O) groups excluding carboxylic acids is 2. The van der Waals surface area contributed by atoms with Crippen LogP contribution in [0.5, 0.6) is 5.75 Å². The van der Waals surface area contributed by atoms with Crippen LogP contribution in [0, 0.1) is 5.92 Å². The summed E-state index contributed by atoms with van der Waals surface area (Å²) in [5, 5.41) is 3.41. The fourth-order valence-corrected chi connectivity index (χ4v) is 5.03. The summed E-state index contributed by atoms with van der Waals surface area (Å²) in [5.74, 6) is 0.457. The quantitative estimate of drug-likeness (QED) is 0.780. The summed E-state index contributed by atoms with van der Waals surface area (Å²) >= 11 is 4.83. The first-order valence-electron chi connectivity index (χ1n) is 8.00. The van der Waals surface area contributed by atoms with E-state index < -0.39 is 5.91 Å². The molecule has 0 saturated heterocycles. The van der Waals surface area contributed by atoms with Crippen LogP contribution in [0.2, 0.25) is 0 Å². The number of rotatable bonds is 4. The van der Waals surface area contributed by atoms with Crippen molar-refractivity contribution in [3.05, 3.63) is 44.2 Å². The summed E-state index contributed by atoms with van der Waals surface area (Å²) < 4.78 is 5.87. The molecule has 7 heteroatoms. The van der Waals surface area contributed by atoms with E-state index >= 15 is 0 Å². The molecular formula is C18H19BrN2O3S. The Morgan fingerprint density at radius 3 is 2.80 bits per heavy atom. The normalized spacial score (nSPS) is 16.2. The number of anilines is 1. The predicted molar refractivity (Wildman–Crippen MR) is 103 cm³/mol. The molecule has 132 valence electrons. The van der Waals surface area contributed by atoms with Crippen molar-refractivity contribution < 1.29 is 14.3 Å². The number of benzene rings is 1. The van der Waals surface area contributed by atoms with E-state index in [0.717, 1.165) is 29.7 Å². The van der Waals surface area contributed by atoms with Gasteiger partial charge in [0.25, 0.3) is 11.8 Å². The van der Waals surface area contributed by atoms with Gasteiger partial charge in [0.2, 0.25) is 0 Å². The van der Waals surface area contributed by atoms with Crippen LogP contribution in [-0.4, -0.2) is 18.9 Å². The standard InChI is InChI=1S/C18H19BrN2O3S/c1-9-3-5-11-14(7-9)25-18(15(11)16(20)22)21-17(23)10-4-6-13(24-2)12(19)8-10/h4,6,8-9H,3,5,7H2,1-2H3,(H2,20,22)(H,21,23)/t9-/m0/s1. The number of hydrogen-bond donors (Lipinski definition) is 2. The number of nitrogens with one attached hydrogen (secondary N) is 1. The van der Waals surface area contributed by atoms with Crippen LogP contribution in [0.3, 0.4) is 0 Å². The van der Waals surface area contributed by atoms with Crippen molar-refractivity contribution in [3.63, 3.8) is 0 Å². The van der Waals surface area contributed by atoms with Crippen LogP contribution in [-0.2, 0) is 12.8 Å². The number of methoxy groups -OCH3 is 1. The summed E-state index contributed by atoms with van der Waals surface area (Å²) in [6, 6.07) is 5.08. The molecule has 5 nitrogen and oxygen atoms in total. The lowest BCUT2D eigenvalue weighted by atomic mass is 9.88. The molecule has 1 aromatic heterocycles. The maximum Gasteiger partial charge on any atom is 0.256 e. The maximum absolute atomic E-state index is 12.6. The van der Waals surface area contributed by atoms with Crippen LogP contribution in [0.1, 0.15) is 44.5 Å². The zero-order valence-corrected chi connectivity index (χ0v) is 16.4. The highest BCUT2D eigenvalue weighted by Crippen LogP contribution is 2.39. The van der Waals surface area contributed by atoms with Crippen LogP contribution in [0.15, 0.2) is 22.7 Å². The first-order chi connectivity index (χ1) is 11.9. The highest BCUT2D eigenvalue weighted by Gasteiger charge is 2.27. The zero-order chi connectivity index (χ0) is 18.1. The van der Waals surface area contributed by atoms with E-state index in [9.17, 15) is 9.59 Å². The molecule has 1 aromatic carbocycles. The Morgan fingerprint density at radius 2 is 2.16 bits per heavy atom. The minimum atomic E-state index is -0.488. The highest BCUT2D eigenvalue weighted by molar-refractivity contribution is 9.10. The Bertz CT molecular complexity index is 847. The number of ether oxygens (including phenoxy) is 1. The molecule has 0 saturated carbocycles. The van der Waals surface area contributed by atoms with E-state index in [1.807, 2.05) is 0 Å². The third-order valence-electron chi connectivity index (χ3n) is 4.40. The third kappa shape index (κ3) is 3.57. The van der Waals surface area contributed by atoms with Gasteiger partial charge in [-0.05, 0) is 64.9 Å². The molecule has 3 rings (SSSR count). The minimum Gasteiger partial charge on any atom is -0.496 e. The molecule has 2 aromatic rings. The van der Waals surface area contributed by atoms with Gasteiger partial charge in [0, 0.05) is 10.4 Å². The Morgan fingerprint density at radius 1 is 1.40 bits per heavy atom. The van der Waals surface area contributed by atoms with E-state index in [1.54, 1.807) is 25.3 Å². The van der Waals surface area contributed by atoms with Crippen molar-refractivity contribution in [1.82, 2.24) is 0 Å². The highest BCUT2D eigenvalue weighted by atomic mass is 79.9. The van der Waals surface area contributed by atoms with Gasteiger partial charge >= 0.3 is 0 Å². The van der Waals surface area contributed by atoms with Gasteiger partial charge in [-0.1, -0.05) is 6.92 Å². The Balaban J connectivity index is 1.91. The molecule has 2 amide bonds. The van der Waals surface area contributed by atoms with Gasteiger partial charge in [0.1, 0.15) is 10.8 Å². The van der Waals surface area contributed by atoms with Crippen molar-refractivity contribution in [2.75, 3.05) is 12.4 Å². The van der Waals surface area contributed by atoms with E-state index in [0.29, 0.717) is 32.3 Å². The molecule has 0 fully saturated rings. The summed E-state index contributed by atoms with van der Waals surface area (Å²) in [6.45, 7) is 2.19. The molecule has 0 bridgehead atoms. The number of nitrogens with two attached hydrogens (primary N) is 1. The minimum absolute atomic E-state index is 0.280. The number of amides is 2. The summed E-state index contributed by atoms with van der Waals surface area (Å²) in [5.41, 5.74) is 7.53. The average molecular weight is 423 g/mol. The third-order valence-corrected chi connectivity index (χ3v) is 6.19. The van der Waals surface area contributed by atoms with Crippen molar-refractivity contribution in [2.45, 2.75) is 26.2 Å². The molecule has 1 aliphatic carbocycles. The lowest BCUT2D eigenvalue weighted by molar-refractivity contribution is 0.1000. The maximum atomic E-state index is 12.6. The fraction of sp³-hybridized carbons (Fsp3) is 0.333. The van der Waals surface area contributed by atoms with Crippen molar-refractivity contribution in [3.8, 4) is 5.75 Å². The zero-order valence-electron chi connectivity index (χ0n) is 14.0. The second-order valence-corrected chi connectivity index (χ2v) is 8.18. The number of primary amides is 1. The molecule has 0 aliphatic heterocycles. The van der Waals surface area contributed by atoms with Gasteiger partial charge in [0.05, 0.1) is 17.1 Å². The second kappa shape index (κ2) is 7.17. The topological polar surface area (TPSA) is 81.4 Å². The van der Waals surface area contributed by atoms with E-state index in [2.05, 4.69) is 28.2 Å². The van der Waals surface area contributed by atoms with Gasteiger partial charge in [-0.3, -0.25) is 9.59 Å². The first-order valence-corrected chi connectivity index (χ1v) is 9.61. The summed E-state index contributed by atoms with van der Waals surface area (Å²) in [6.07, 6.45) is 2.78. The van der Waals surface area contributed by atoms with Gasteiger partial charge in [-0.2, -0.15) is 0 Å². The van der Waals surface area contributed by atoms with Crippen molar-refractivity contribution in [2.24, 2.45) is 11.7 Å². The number of hydrogen-bond acceptors (Lipinski definition) is 4. The summed E-state index contributed by atoms with van der Waals surface area (Å²) in [4.78, 5) is 25.7.